The van der Waals surface area contributed by atoms with Gasteiger partial charge in [0.1, 0.15) is 5.75 Å². The van der Waals surface area contributed by atoms with Crippen LogP contribution in [0.1, 0.15) is 24.8 Å². The van der Waals surface area contributed by atoms with E-state index in [2.05, 4.69) is 0 Å². The molecule has 0 aliphatic carbocycles. The second-order valence-corrected chi connectivity index (χ2v) is 10.1. The summed E-state index contributed by atoms with van der Waals surface area (Å²) in [6.07, 6.45) is 1.72. The van der Waals surface area contributed by atoms with E-state index in [4.69, 9.17) is 27.9 Å². The molecule has 0 aromatic heterocycles. The summed E-state index contributed by atoms with van der Waals surface area (Å²) in [6, 6.07) is 11.7. The first-order valence-corrected chi connectivity index (χ1v) is 11.7. The Morgan fingerprint density at radius 2 is 1.76 bits per heavy atom. The number of sulfone groups is 1. The first-order chi connectivity index (χ1) is 13.8. The molecule has 1 heterocycles. The number of likely N-dealkylation sites (tertiary alicyclic amines) is 1. The monoisotopic (exact) mass is 455 g/mol. The van der Waals surface area contributed by atoms with Crippen molar-refractivity contribution >= 4 is 38.9 Å². The van der Waals surface area contributed by atoms with Gasteiger partial charge < -0.3 is 9.64 Å². The summed E-state index contributed by atoms with van der Waals surface area (Å²) in [7, 11) is -1.89. The first kappa shape index (κ1) is 21.9. The van der Waals surface area contributed by atoms with Crippen molar-refractivity contribution in [1.82, 2.24) is 4.90 Å². The van der Waals surface area contributed by atoms with E-state index in [0.29, 0.717) is 59.5 Å². The van der Waals surface area contributed by atoms with Crippen LogP contribution < -0.4 is 4.74 Å². The Morgan fingerprint density at radius 3 is 2.34 bits per heavy atom. The van der Waals surface area contributed by atoms with Gasteiger partial charge in [0.2, 0.25) is 5.91 Å². The lowest BCUT2D eigenvalue weighted by Crippen LogP contribution is -2.42. The number of piperidine rings is 1. The van der Waals surface area contributed by atoms with E-state index in [1.807, 2.05) is 6.07 Å². The van der Waals surface area contributed by atoms with Gasteiger partial charge in [-0.15, -0.1) is 0 Å². The molecule has 0 saturated carbocycles. The minimum atomic E-state index is -3.42. The number of nitrogens with zero attached hydrogens (tertiary/aromatic N) is 1. The van der Waals surface area contributed by atoms with Crippen molar-refractivity contribution in [2.75, 3.05) is 20.2 Å². The quantitative estimate of drug-likeness (QED) is 0.647. The van der Waals surface area contributed by atoms with E-state index in [-0.39, 0.29) is 5.91 Å². The average Bonchev–Trinajstić information content (AvgIpc) is 2.73. The van der Waals surface area contributed by atoms with Gasteiger partial charge in [-0.05, 0) is 61.2 Å². The zero-order valence-corrected chi connectivity index (χ0v) is 18.4. The van der Waals surface area contributed by atoms with Crippen molar-refractivity contribution < 1.29 is 17.9 Å². The molecule has 0 bridgehead atoms. The van der Waals surface area contributed by atoms with Crippen molar-refractivity contribution in [3.63, 3.8) is 0 Å². The van der Waals surface area contributed by atoms with Crippen molar-refractivity contribution in [2.24, 2.45) is 0 Å². The smallest absolute Gasteiger partial charge is 0.222 e. The Labute approximate surface area is 181 Å². The maximum absolute atomic E-state index is 12.9. The maximum atomic E-state index is 12.9. The van der Waals surface area contributed by atoms with Gasteiger partial charge in [-0.3, -0.25) is 4.79 Å². The van der Waals surface area contributed by atoms with Crippen LogP contribution in [0.5, 0.6) is 5.75 Å². The third-order valence-corrected chi connectivity index (χ3v) is 8.11. The largest absolute Gasteiger partial charge is 0.497 e. The van der Waals surface area contributed by atoms with Crippen molar-refractivity contribution in [3.05, 3.63) is 58.1 Å². The van der Waals surface area contributed by atoms with Crippen LogP contribution in [0.3, 0.4) is 0 Å². The van der Waals surface area contributed by atoms with E-state index < -0.39 is 15.1 Å². The zero-order valence-electron chi connectivity index (χ0n) is 16.1. The van der Waals surface area contributed by atoms with Gasteiger partial charge in [-0.1, -0.05) is 29.3 Å². The molecule has 156 valence electrons. The molecule has 8 heteroatoms. The molecule has 0 spiro atoms. The molecule has 0 N–H and O–H groups in total. The van der Waals surface area contributed by atoms with Gasteiger partial charge >= 0.3 is 0 Å². The Bertz CT molecular complexity index is 969. The molecule has 3 rings (SSSR count). The van der Waals surface area contributed by atoms with Gasteiger partial charge in [0.05, 0.1) is 17.3 Å². The summed E-state index contributed by atoms with van der Waals surface area (Å²) >= 11 is 12.1. The van der Waals surface area contributed by atoms with Crippen LogP contribution in [0.2, 0.25) is 10.0 Å². The Balaban J connectivity index is 1.55. The summed E-state index contributed by atoms with van der Waals surface area (Å²) in [5, 5.41) is 0.630. The van der Waals surface area contributed by atoms with Crippen molar-refractivity contribution in [1.29, 1.82) is 0 Å². The number of hydrogen-bond donors (Lipinski definition) is 0. The summed E-state index contributed by atoms with van der Waals surface area (Å²) in [5.74, 6) is 0.626. The lowest BCUT2D eigenvalue weighted by Gasteiger charge is -2.32. The highest BCUT2D eigenvalue weighted by Gasteiger charge is 2.32. The summed E-state index contributed by atoms with van der Waals surface area (Å²) < 4.78 is 30.8. The number of benzene rings is 2. The van der Waals surface area contributed by atoms with Crippen LogP contribution in [-0.4, -0.2) is 44.7 Å². The molecule has 29 heavy (non-hydrogen) atoms. The minimum Gasteiger partial charge on any atom is -0.497 e. The zero-order chi connectivity index (χ0) is 21.0. The fourth-order valence-electron chi connectivity index (χ4n) is 3.50. The molecule has 0 radical (unpaired) electrons. The van der Waals surface area contributed by atoms with E-state index >= 15 is 0 Å². The normalized spacial score (nSPS) is 15.3. The fraction of sp³-hybridized carbons (Fsp3) is 0.381. The molecular weight excluding hydrogens is 433 g/mol. The number of halogens is 2. The van der Waals surface area contributed by atoms with Crippen LogP contribution >= 0.6 is 23.2 Å². The number of ether oxygens (including phenoxy) is 1. The molecule has 2 aromatic carbocycles. The third-order valence-electron chi connectivity index (χ3n) is 5.24. The predicted molar refractivity (Wildman–Crippen MR) is 115 cm³/mol. The highest BCUT2D eigenvalue weighted by molar-refractivity contribution is 7.92. The van der Waals surface area contributed by atoms with Gasteiger partial charge in [0.25, 0.3) is 0 Å². The Hall–Kier alpha value is -1.76. The number of carbonyl (C=O) groups is 1. The van der Waals surface area contributed by atoms with Crippen LogP contribution in [0, 0.1) is 0 Å². The van der Waals surface area contributed by atoms with Crippen molar-refractivity contribution in [2.45, 2.75) is 35.8 Å². The topological polar surface area (TPSA) is 63.7 Å². The highest BCUT2D eigenvalue weighted by atomic mass is 35.5. The summed E-state index contributed by atoms with van der Waals surface area (Å²) in [6.45, 7) is 0.875. The minimum absolute atomic E-state index is 0.0105. The van der Waals surface area contributed by atoms with Crippen molar-refractivity contribution in [3.8, 4) is 5.75 Å². The van der Waals surface area contributed by atoms with E-state index in [1.54, 1.807) is 41.3 Å². The van der Waals surface area contributed by atoms with Crippen LogP contribution in [-0.2, 0) is 21.1 Å². The van der Waals surface area contributed by atoms with Crippen LogP contribution in [0.15, 0.2) is 47.4 Å². The van der Waals surface area contributed by atoms with E-state index in [0.717, 1.165) is 5.56 Å². The predicted octanol–water partition coefficient (Wildman–Crippen LogP) is 4.40. The molecule has 1 fully saturated rings. The van der Waals surface area contributed by atoms with Gasteiger partial charge in [0.15, 0.2) is 9.84 Å². The molecule has 0 unspecified atom stereocenters. The second-order valence-electron chi connectivity index (χ2n) is 7.04. The summed E-state index contributed by atoms with van der Waals surface area (Å²) in [4.78, 5) is 14.6. The fourth-order valence-corrected chi connectivity index (χ4v) is 5.73. The van der Waals surface area contributed by atoms with E-state index in [1.165, 1.54) is 7.11 Å². The van der Waals surface area contributed by atoms with E-state index in [9.17, 15) is 13.2 Å². The number of hydrogen-bond acceptors (Lipinski definition) is 4. The second kappa shape index (κ2) is 9.37. The van der Waals surface area contributed by atoms with Crippen LogP contribution in [0.25, 0.3) is 0 Å². The third kappa shape index (κ3) is 5.24. The van der Waals surface area contributed by atoms with Gasteiger partial charge in [-0.25, -0.2) is 8.42 Å². The summed E-state index contributed by atoms with van der Waals surface area (Å²) in [5.41, 5.74) is 0.876. The lowest BCUT2D eigenvalue weighted by atomic mass is 10.1. The lowest BCUT2D eigenvalue weighted by molar-refractivity contribution is -0.132. The number of rotatable bonds is 6. The molecular formula is C21H23Cl2NO4S. The number of carbonyl (C=O) groups excluding carboxylic acids is 1. The van der Waals surface area contributed by atoms with Gasteiger partial charge in [0, 0.05) is 29.6 Å². The molecule has 2 aromatic rings. The average molecular weight is 456 g/mol. The first-order valence-electron chi connectivity index (χ1n) is 9.41. The SMILES string of the molecule is COc1ccc(S(=O)(=O)C2CCN(C(=O)CCc3ccc(Cl)cc3Cl)CC2)cc1. The molecule has 1 saturated heterocycles. The number of methoxy groups -OCH3 is 1. The van der Waals surface area contributed by atoms with Gasteiger partial charge in [-0.2, -0.15) is 0 Å². The Kier molecular flexibility index (Phi) is 7.09. The molecule has 0 atom stereocenters. The standard InChI is InChI=1S/C21H23Cl2NO4S/c1-28-17-5-7-18(8-6-17)29(26,27)19-10-12-24(13-11-19)21(25)9-3-15-2-4-16(22)14-20(15)23/h2,4-8,14,19H,3,9-13H2,1H3. The molecule has 1 aliphatic heterocycles. The number of amides is 1. The van der Waals surface area contributed by atoms with Crippen LogP contribution in [0.4, 0.5) is 0 Å². The maximum Gasteiger partial charge on any atom is 0.222 e. The highest BCUT2D eigenvalue weighted by Crippen LogP contribution is 2.27. The number of aryl methyl sites for hydroxylation is 1. The molecule has 1 amide bonds. The molecule has 1 aliphatic rings. The molecule has 5 nitrogen and oxygen atoms in total. The Morgan fingerprint density at radius 1 is 1.10 bits per heavy atom.